The summed E-state index contributed by atoms with van der Waals surface area (Å²) >= 11 is 0. The molecule has 2 aromatic carbocycles. The third-order valence-corrected chi connectivity index (χ3v) is 4.13. The van der Waals surface area contributed by atoms with Crippen molar-refractivity contribution < 1.29 is 19.8 Å². The predicted molar refractivity (Wildman–Crippen MR) is 103 cm³/mol. The maximum absolute atomic E-state index is 11.6. The molecule has 2 heterocycles. The van der Waals surface area contributed by atoms with Gasteiger partial charge < -0.3 is 10.2 Å². The van der Waals surface area contributed by atoms with Crippen LogP contribution in [-0.2, 0) is 4.79 Å². The van der Waals surface area contributed by atoms with Crippen LogP contribution in [0.5, 0.6) is 0 Å². The number of carboxylic acid groups (broad SMARTS) is 2. The van der Waals surface area contributed by atoms with Crippen molar-refractivity contribution in [1.29, 1.82) is 0 Å². The van der Waals surface area contributed by atoms with Crippen LogP contribution in [0.15, 0.2) is 60.7 Å². The summed E-state index contributed by atoms with van der Waals surface area (Å²) in [5.74, 6) is -0.965. The van der Waals surface area contributed by atoms with E-state index in [2.05, 4.69) is 9.97 Å². The maximum atomic E-state index is 11.6. The van der Waals surface area contributed by atoms with E-state index in [4.69, 9.17) is 9.90 Å². The lowest BCUT2D eigenvalue weighted by atomic mass is 10.0. The molecule has 0 aliphatic heterocycles. The van der Waals surface area contributed by atoms with Crippen LogP contribution in [-0.4, -0.2) is 32.6 Å². The fraction of sp³-hybridized carbons (Fsp3) is 0.0476. The quantitative estimate of drug-likeness (QED) is 0.521. The minimum absolute atomic E-state index is 0.239. The molecule has 4 rings (SSSR count). The fourth-order valence-corrected chi connectivity index (χ4v) is 2.96. The lowest BCUT2D eigenvalue weighted by molar-refractivity contribution is -0.122. The molecule has 6 nitrogen and oxygen atoms in total. The SMILES string of the molecule is Cc1cc(-c2cc(C(=O)O)c3ccccc3n2)nc2ccccc12.O=CO. The van der Waals surface area contributed by atoms with Gasteiger partial charge in [-0.2, -0.15) is 0 Å². The minimum Gasteiger partial charge on any atom is -0.483 e. The summed E-state index contributed by atoms with van der Waals surface area (Å²) < 4.78 is 0. The second-order valence-corrected chi connectivity index (χ2v) is 5.82. The van der Waals surface area contributed by atoms with E-state index in [0.717, 1.165) is 16.5 Å². The number of benzene rings is 2. The Morgan fingerprint density at radius 1 is 0.889 bits per heavy atom. The van der Waals surface area contributed by atoms with E-state index in [9.17, 15) is 9.90 Å². The molecule has 134 valence electrons. The highest BCUT2D eigenvalue weighted by Crippen LogP contribution is 2.27. The van der Waals surface area contributed by atoms with Gasteiger partial charge in [0, 0.05) is 10.8 Å². The monoisotopic (exact) mass is 360 g/mol. The van der Waals surface area contributed by atoms with Crippen LogP contribution in [0, 0.1) is 6.92 Å². The predicted octanol–water partition coefficient (Wildman–Crippen LogP) is 4.16. The normalized spacial score (nSPS) is 10.3. The number of fused-ring (bicyclic) bond motifs is 2. The Kier molecular flexibility index (Phi) is 5.08. The molecule has 0 saturated carbocycles. The Hall–Kier alpha value is -3.80. The summed E-state index contributed by atoms with van der Waals surface area (Å²) in [6, 6.07) is 18.7. The first-order valence-electron chi connectivity index (χ1n) is 8.13. The molecule has 0 saturated heterocycles. The second-order valence-electron chi connectivity index (χ2n) is 5.82. The summed E-state index contributed by atoms with van der Waals surface area (Å²) in [6.45, 7) is 1.77. The number of nitrogens with zero attached hydrogens (tertiary/aromatic N) is 2. The van der Waals surface area contributed by atoms with Gasteiger partial charge in [0.15, 0.2) is 0 Å². The third-order valence-electron chi connectivity index (χ3n) is 4.13. The summed E-state index contributed by atoms with van der Waals surface area (Å²) in [5, 5.41) is 18.1. The van der Waals surface area contributed by atoms with Gasteiger partial charge in [-0.05, 0) is 36.8 Å². The average Bonchev–Trinajstić information content (AvgIpc) is 2.67. The summed E-state index contributed by atoms with van der Waals surface area (Å²) in [5.41, 5.74) is 4.10. The fourth-order valence-electron chi connectivity index (χ4n) is 2.96. The molecule has 0 bridgehead atoms. The number of hydrogen-bond acceptors (Lipinski definition) is 4. The molecule has 0 unspecified atom stereocenters. The molecular weight excluding hydrogens is 344 g/mol. The van der Waals surface area contributed by atoms with Crippen LogP contribution in [0.4, 0.5) is 0 Å². The van der Waals surface area contributed by atoms with Crippen molar-refractivity contribution in [3.8, 4) is 11.4 Å². The van der Waals surface area contributed by atoms with Crippen LogP contribution >= 0.6 is 0 Å². The van der Waals surface area contributed by atoms with Gasteiger partial charge in [0.2, 0.25) is 0 Å². The lowest BCUT2D eigenvalue weighted by Crippen LogP contribution is -2.01. The van der Waals surface area contributed by atoms with Gasteiger partial charge in [-0.25, -0.2) is 14.8 Å². The third kappa shape index (κ3) is 3.59. The minimum atomic E-state index is -0.965. The van der Waals surface area contributed by atoms with E-state index in [-0.39, 0.29) is 12.0 Å². The van der Waals surface area contributed by atoms with Gasteiger partial charge in [-0.15, -0.1) is 0 Å². The van der Waals surface area contributed by atoms with E-state index in [1.165, 1.54) is 0 Å². The second kappa shape index (κ2) is 7.61. The van der Waals surface area contributed by atoms with E-state index in [1.807, 2.05) is 55.5 Å². The number of aromatic carboxylic acids is 1. The van der Waals surface area contributed by atoms with Crippen molar-refractivity contribution in [3.63, 3.8) is 0 Å². The molecule has 27 heavy (non-hydrogen) atoms. The van der Waals surface area contributed by atoms with E-state index < -0.39 is 5.97 Å². The van der Waals surface area contributed by atoms with E-state index in [1.54, 1.807) is 12.1 Å². The Morgan fingerprint density at radius 3 is 1.96 bits per heavy atom. The molecule has 0 aliphatic carbocycles. The van der Waals surface area contributed by atoms with Crippen LogP contribution in [0.2, 0.25) is 0 Å². The van der Waals surface area contributed by atoms with Gasteiger partial charge in [-0.3, -0.25) is 4.79 Å². The molecular formula is C21H16N2O4. The Morgan fingerprint density at radius 2 is 1.37 bits per heavy atom. The zero-order chi connectivity index (χ0) is 19.4. The number of aryl methyl sites for hydroxylation is 1. The summed E-state index contributed by atoms with van der Waals surface area (Å²) in [7, 11) is 0. The van der Waals surface area contributed by atoms with Crippen molar-refractivity contribution in [1.82, 2.24) is 9.97 Å². The van der Waals surface area contributed by atoms with Crippen LogP contribution in [0.25, 0.3) is 33.2 Å². The number of carbonyl (C=O) groups is 2. The van der Waals surface area contributed by atoms with E-state index in [0.29, 0.717) is 22.3 Å². The van der Waals surface area contributed by atoms with Crippen molar-refractivity contribution >= 4 is 34.2 Å². The first kappa shape index (κ1) is 18.0. The number of rotatable bonds is 2. The van der Waals surface area contributed by atoms with Crippen LogP contribution in [0.3, 0.4) is 0 Å². The van der Waals surface area contributed by atoms with Gasteiger partial charge >= 0.3 is 5.97 Å². The highest BCUT2D eigenvalue weighted by Gasteiger charge is 2.14. The zero-order valence-electron chi connectivity index (χ0n) is 14.5. The van der Waals surface area contributed by atoms with Gasteiger partial charge in [0.1, 0.15) is 0 Å². The number of carboxylic acids is 1. The highest BCUT2D eigenvalue weighted by atomic mass is 16.4. The summed E-state index contributed by atoms with van der Waals surface area (Å²) in [4.78, 5) is 29.3. The highest BCUT2D eigenvalue weighted by molar-refractivity contribution is 6.03. The largest absolute Gasteiger partial charge is 0.483 e. The van der Waals surface area contributed by atoms with Gasteiger partial charge in [-0.1, -0.05) is 36.4 Å². The van der Waals surface area contributed by atoms with Gasteiger partial charge in [0.25, 0.3) is 6.47 Å². The molecule has 0 atom stereocenters. The molecule has 0 aliphatic rings. The smallest absolute Gasteiger partial charge is 0.336 e. The number of aromatic nitrogens is 2. The molecule has 2 N–H and O–H groups in total. The topological polar surface area (TPSA) is 100 Å². The Bertz CT molecular complexity index is 1160. The number of para-hydroxylation sites is 2. The van der Waals surface area contributed by atoms with Crippen molar-refractivity contribution in [2.24, 2.45) is 0 Å². The molecule has 0 amide bonds. The van der Waals surface area contributed by atoms with Crippen LogP contribution < -0.4 is 0 Å². The maximum Gasteiger partial charge on any atom is 0.336 e. The van der Waals surface area contributed by atoms with E-state index >= 15 is 0 Å². The standard InChI is InChI=1S/C20H14N2O2.CH2O2/c1-12-10-18(21-16-8-4-2-6-13(12)16)19-11-15(20(23)24)14-7-3-5-9-17(14)22-19;2-1-3/h2-11H,1H3,(H,23,24);1H,(H,2,3). The van der Waals surface area contributed by atoms with Crippen LogP contribution in [0.1, 0.15) is 15.9 Å². The number of hydrogen-bond donors (Lipinski definition) is 2. The number of pyridine rings is 2. The molecule has 4 aromatic rings. The Balaban J connectivity index is 0.000000659. The van der Waals surface area contributed by atoms with Crippen molar-refractivity contribution in [2.75, 3.05) is 0 Å². The molecule has 0 radical (unpaired) electrons. The average molecular weight is 360 g/mol. The van der Waals surface area contributed by atoms with Crippen molar-refractivity contribution in [2.45, 2.75) is 6.92 Å². The molecule has 6 heteroatoms. The molecule has 0 fully saturated rings. The zero-order valence-corrected chi connectivity index (χ0v) is 14.5. The first-order chi connectivity index (χ1) is 13.0. The molecule has 0 spiro atoms. The first-order valence-corrected chi connectivity index (χ1v) is 8.13. The Labute approximate surface area is 154 Å². The van der Waals surface area contributed by atoms with Gasteiger partial charge in [0.05, 0.1) is 28.0 Å². The molecule has 2 aromatic heterocycles. The summed E-state index contributed by atoms with van der Waals surface area (Å²) in [6.07, 6.45) is 0. The van der Waals surface area contributed by atoms with Crippen molar-refractivity contribution in [3.05, 3.63) is 71.8 Å². The lowest BCUT2D eigenvalue weighted by Gasteiger charge is -2.09.